The largest absolute Gasteiger partial charge is 0.351 e. The van der Waals surface area contributed by atoms with Crippen LogP contribution in [0, 0.1) is 11.6 Å². The molecule has 1 amide bonds. The number of carbonyl (C=O) groups excluding carboxylic acids is 1. The Morgan fingerprint density at radius 3 is 2.00 bits per heavy atom. The molecule has 0 heterocycles. The Balaban J connectivity index is 1.76. The molecule has 4 heteroatoms. The van der Waals surface area contributed by atoms with Gasteiger partial charge in [0.2, 0.25) is 5.91 Å². The SMILES string of the molecule is O=C(NCc1ccc(F)cc1)C1(c2ccc(F)cc2)CCCC1. The predicted molar refractivity (Wildman–Crippen MR) is 84.8 cm³/mol. The summed E-state index contributed by atoms with van der Waals surface area (Å²) in [6, 6.07) is 12.3. The van der Waals surface area contributed by atoms with Crippen LogP contribution in [0.4, 0.5) is 8.78 Å². The summed E-state index contributed by atoms with van der Waals surface area (Å²) in [4.78, 5) is 12.8. The zero-order valence-electron chi connectivity index (χ0n) is 12.8. The Kier molecular flexibility index (Phi) is 4.42. The van der Waals surface area contributed by atoms with Gasteiger partial charge in [-0.15, -0.1) is 0 Å². The van der Waals surface area contributed by atoms with E-state index in [1.54, 1.807) is 24.3 Å². The van der Waals surface area contributed by atoms with Gasteiger partial charge in [0, 0.05) is 6.54 Å². The van der Waals surface area contributed by atoms with E-state index in [2.05, 4.69) is 5.32 Å². The maximum atomic E-state index is 13.2. The van der Waals surface area contributed by atoms with Gasteiger partial charge in [-0.25, -0.2) is 8.78 Å². The van der Waals surface area contributed by atoms with Crippen molar-refractivity contribution in [3.63, 3.8) is 0 Å². The monoisotopic (exact) mass is 315 g/mol. The lowest BCUT2D eigenvalue weighted by Crippen LogP contribution is -2.42. The van der Waals surface area contributed by atoms with Gasteiger partial charge in [0.25, 0.3) is 0 Å². The summed E-state index contributed by atoms with van der Waals surface area (Å²) in [5.41, 5.74) is 1.15. The fourth-order valence-electron chi connectivity index (χ4n) is 3.35. The van der Waals surface area contributed by atoms with Crippen molar-refractivity contribution in [1.29, 1.82) is 0 Å². The average molecular weight is 315 g/mol. The van der Waals surface area contributed by atoms with E-state index in [0.717, 1.165) is 36.8 Å². The van der Waals surface area contributed by atoms with Gasteiger partial charge in [0.1, 0.15) is 11.6 Å². The highest BCUT2D eigenvalue weighted by Gasteiger charge is 2.42. The van der Waals surface area contributed by atoms with Crippen LogP contribution in [0.15, 0.2) is 48.5 Å². The summed E-state index contributed by atoms with van der Waals surface area (Å²) >= 11 is 0. The lowest BCUT2D eigenvalue weighted by molar-refractivity contribution is -0.126. The van der Waals surface area contributed by atoms with Crippen molar-refractivity contribution in [3.8, 4) is 0 Å². The predicted octanol–water partition coefficient (Wildman–Crippen LogP) is 4.09. The number of nitrogens with one attached hydrogen (secondary N) is 1. The maximum absolute atomic E-state index is 13.2. The third-order valence-electron chi connectivity index (χ3n) is 4.65. The number of hydrogen-bond acceptors (Lipinski definition) is 1. The second kappa shape index (κ2) is 6.49. The van der Waals surface area contributed by atoms with Gasteiger partial charge in [0.05, 0.1) is 5.41 Å². The molecule has 23 heavy (non-hydrogen) atoms. The lowest BCUT2D eigenvalue weighted by Gasteiger charge is -2.28. The lowest BCUT2D eigenvalue weighted by atomic mass is 9.78. The van der Waals surface area contributed by atoms with Gasteiger partial charge < -0.3 is 5.32 Å². The van der Waals surface area contributed by atoms with Crippen molar-refractivity contribution < 1.29 is 13.6 Å². The Morgan fingerprint density at radius 2 is 1.43 bits per heavy atom. The first-order valence-electron chi connectivity index (χ1n) is 7.89. The van der Waals surface area contributed by atoms with Crippen LogP contribution in [-0.4, -0.2) is 5.91 Å². The highest BCUT2D eigenvalue weighted by atomic mass is 19.1. The molecule has 1 saturated carbocycles. The molecular weight excluding hydrogens is 296 g/mol. The molecule has 0 aromatic heterocycles. The maximum Gasteiger partial charge on any atom is 0.230 e. The standard InChI is InChI=1S/C19H19F2NO/c20-16-7-3-14(4-8-16)13-22-18(23)19(11-1-2-12-19)15-5-9-17(21)10-6-15/h3-10H,1-2,11-13H2,(H,22,23). The molecular formula is C19H19F2NO. The molecule has 2 aromatic rings. The van der Waals surface area contributed by atoms with Crippen LogP contribution in [0.5, 0.6) is 0 Å². The molecule has 0 bridgehead atoms. The van der Waals surface area contributed by atoms with E-state index in [-0.39, 0.29) is 17.5 Å². The number of halogens is 2. The van der Waals surface area contributed by atoms with Gasteiger partial charge in [-0.2, -0.15) is 0 Å². The number of rotatable bonds is 4. The number of carbonyl (C=O) groups is 1. The molecule has 0 atom stereocenters. The van der Waals surface area contributed by atoms with Crippen molar-refractivity contribution in [1.82, 2.24) is 5.32 Å². The summed E-state index contributed by atoms with van der Waals surface area (Å²) in [6.45, 7) is 0.363. The zero-order valence-corrected chi connectivity index (χ0v) is 12.8. The second-order valence-corrected chi connectivity index (χ2v) is 6.11. The van der Waals surface area contributed by atoms with E-state index in [1.165, 1.54) is 24.3 Å². The van der Waals surface area contributed by atoms with Gasteiger partial charge in [-0.1, -0.05) is 37.1 Å². The van der Waals surface area contributed by atoms with Gasteiger partial charge >= 0.3 is 0 Å². The van der Waals surface area contributed by atoms with Crippen molar-refractivity contribution >= 4 is 5.91 Å². The van der Waals surface area contributed by atoms with Gasteiger partial charge in [-0.05, 0) is 48.2 Å². The minimum Gasteiger partial charge on any atom is -0.351 e. The van der Waals surface area contributed by atoms with Crippen LogP contribution in [0.25, 0.3) is 0 Å². The van der Waals surface area contributed by atoms with Crippen molar-refractivity contribution in [2.75, 3.05) is 0 Å². The second-order valence-electron chi connectivity index (χ2n) is 6.11. The molecule has 0 saturated heterocycles. The molecule has 0 aliphatic heterocycles. The van der Waals surface area contributed by atoms with Crippen LogP contribution >= 0.6 is 0 Å². The molecule has 0 unspecified atom stereocenters. The quantitative estimate of drug-likeness (QED) is 0.904. The molecule has 120 valence electrons. The Labute approximate surface area is 134 Å². The third-order valence-corrected chi connectivity index (χ3v) is 4.65. The van der Waals surface area contributed by atoms with E-state index in [4.69, 9.17) is 0 Å². The average Bonchev–Trinajstić information content (AvgIpc) is 3.06. The summed E-state index contributed by atoms with van der Waals surface area (Å²) in [5.74, 6) is -0.627. The number of hydrogen-bond donors (Lipinski definition) is 1. The van der Waals surface area contributed by atoms with Crippen LogP contribution in [-0.2, 0) is 16.8 Å². The third kappa shape index (κ3) is 3.26. The van der Waals surface area contributed by atoms with E-state index >= 15 is 0 Å². The Hall–Kier alpha value is -2.23. The fraction of sp³-hybridized carbons (Fsp3) is 0.316. The first kappa shape index (κ1) is 15.7. The molecule has 2 aromatic carbocycles. The van der Waals surface area contributed by atoms with E-state index in [1.807, 2.05) is 0 Å². The molecule has 1 aliphatic carbocycles. The summed E-state index contributed by atoms with van der Waals surface area (Å²) < 4.78 is 26.1. The highest BCUT2D eigenvalue weighted by molar-refractivity contribution is 5.88. The minimum atomic E-state index is -0.576. The highest BCUT2D eigenvalue weighted by Crippen LogP contribution is 2.41. The molecule has 0 spiro atoms. The van der Waals surface area contributed by atoms with Crippen LogP contribution in [0.3, 0.4) is 0 Å². The molecule has 0 radical (unpaired) electrons. The minimum absolute atomic E-state index is 0.0362. The van der Waals surface area contributed by atoms with E-state index < -0.39 is 5.41 Å². The van der Waals surface area contributed by atoms with E-state index in [0.29, 0.717) is 6.54 Å². The molecule has 1 fully saturated rings. The topological polar surface area (TPSA) is 29.1 Å². The van der Waals surface area contributed by atoms with Crippen LogP contribution in [0.2, 0.25) is 0 Å². The molecule has 2 nitrogen and oxygen atoms in total. The van der Waals surface area contributed by atoms with Crippen molar-refractivity contribution in [2.24, 2.45) is 0 Å². The van der Waals surface area contributed by atoms with E-state index in [9.17, 15) is 13.6 Å². The zero-order chi connectivity index (χ0) is 16.3. The van der Waals surface area contributed by atoms with Crippen LogP contribution in [0.1, 0.15) is 36.8 Å². The summed E-state index contributed by atoms with van der Waals surface area (Å²) in [7, 11) is 0. The Bertz CT molecular complexity index is 674. The smallest absolute Gasteiger partial charge is 0.230 e. The molecule has 1 aliphatic rings. The van der Waals surface area contributed by atoms with Crippen molar-refractivity contribution in [2.45, 2.75) is 37.6 Å². The first-order valence-corrected chi connectivity index (χ1v) is 7.89. The Morgan fingerprint density at radius 1 is 0.913 bits per heavy atom. The first-order chi connectivity index (χ1) is 11.1. The number of benzene rings is 2. The van der Waals surface area contributed by atoms with Crippen LogP contribution < -0.4 is 5.32 Å². The molecule has 3 rings (SSSR count). The normalized spacial score (nSPS) is 16.3. The summed E-state index contributed by atoms with van der Waals surface area (Å²) in [6.07, 6.45) is 3.52. The van der Waals surface area contributed by atoms with Crippen molar-refractivity contribution in [3.05, 3.63) is 71.3 Å². The van der Waals surface area contributed by atoms with Gasteiger partial charge in [0.15, 0.2) is 0 Å². The number of amides is 1. The fourth-order valence-corrected chi connectivity index (χ4v) is 3.35. The molecule has 1 N–H and O–H groups in total. The van der Waals surface area contributed by atoms with Gasteiger partial charge in [-0.3, -0.25) is 4.79 Å². The summed E-state index contributed by atoms with van der Waals surface area (Å²) in [5, 5.41) is 2.96.